The van der Waals surface area contributed by atoms with Gasteiger partial charge in [-0.3, -0.25) is 0 Å². The fourth-order valence-electron chi connectivity index (χ4n) is 3.47. The first-order chi connectivity index (χ1) is 14.2. The van der Waals surface area contributed by atoms with Gasteiger partial charge in [-0.25, -0.2) is 4.98 Å². The van der Waals surface area contributed by atoms with E-state index < -0.39 is 0 Å². The first-order valence-electron chi connectivity index (χ1n) is 8.92. The fraction of sp³-hybridized carbons (Fsp3) is 0. The van der Waals surface area contributed by atoms with Crippen molar-refractivity contribution in [1.82, 2.24) is 9.97 Å². The highest BCUT2D eigenvalue weighted by atomic mass is 32.1. The minimum Gasteiger partial charge on any atom is -0.361 e. The van der Waals surface area contributed by atoms with Crippen molar-refractivity contribution in [3.05, 3.63) is 90.2 Å². The summed E-state index contributed by atoms with van der Waals surface area (Å²) in [7, 11) is 0. The molecule has 0 spiro atoms. The Morgan fingerprint density at radius 2 is 1.34 bits per heavy atom. The Bertz CT molecular complexity index is 1370. The van der Waals surface area contributed by atoms with Crippen LogP contribution in [0.3, 0.4) is 0 Å². The summed E-state index contributed by atoms with van der Waals surface area (Å²) in [5.74, 6) is 0.401. The molecular formula is C24H12N4S. The van der Waals surface area contributed by atoms with Crippen molar-refractivity contribution >= 4 is 37.3 Å². The van der Waals surface area contributed by atoms with Gasteiger partial charge in [0.15, 0.2) is 0 Å². The predicted octanol–water partition coefficient (Wildman–Crippen LogP) is 6.60. The highest BCUT2D eigenvalue weighted by Gasteiger charge is 2.09. The molecule has 3 aromatic heterocycles. The Balaban J connectivity index is 1.63. The highest BCUT2D eigenvalue weighted by molar-refractivity contribution is 7.25. The molecule has 0 saturated carbocycles. The molecule has 0 radical (unpaired) electrons. The monoisotopic (exact) mass is 388 g/mol. The SMILES string of the molecule is [C-]#[N+]c1cc(-c2ccc3c(c2)sc2cc(-c4ccnc(C#N)c4)ccc23)ccn1. The number of aromatic nitrogens is 2. The number of nitrogens with zero attached hydrogens (tertiary/aromatic N) is 4. The topological polar surface area (TPSA) is 53.9 Å². The number of hydrogen-bond acceptors (Lipinski definition) is 4. The van der Waals surface area contributed by atoms with Crippen molar-refractivity contribution in [2.24, 2.45) is 0 Å². The van der Waals surface area contributed by atoms with E-state index in [9.17, 15) is 0 Å². The molecule has 0 aliphatic heterocycles. The molecule has 0 aliphatic carbocycles. The van der Waals surface area contributed by atoms with Crippen LogP contribution < -0.4 is 0 Å². The number of rotatable bonds is 2. The van der Waals surface area contributed by atoms with Gasteiger partial charge in [0.05, 0.1) is 0 Å². The second kappa shape index (κ2) is 6.83. The molecule has 0 aliphatic rings. The second-order valence-corrected chi connectivity index (χ2v) is 7.66. The van der Waals surface area contributed by atoms with Gasteiger partial charge in [-0.1, -0.05) is 30.8 Å². The molecule has 0 N–H and O–H groups in total. The minimum absolute atomic E-state index is 0.401. The lowest BCUT2D eigenvalue weighted by atomic mass is 10.0. The van der Waals surface area contributed by atoms with E-state index in [2.05, 4.69) is 57.3 Å². The van der Waals surface area contributed by atoms with Crippen LogP contribution in [0.5, 0.6) is 0 Å². The third-order valence-electron chi connectivity index (χ3n) is 4.87. The van der Waals surface area contributed by atoms with Gasteiger partial charge in [0.25, 0.3) is 5.82 Å². The van der Waals surface area contributed by atoms with E-state index in [4.69, 9.17) is 11.8 Å². The third kappa shape index (κ3) is 3.00. The van der Waals surface area contributed by atoms with E-state index in [1.807, 2.05) is 24.3 Å². The van der Waals surface area contributed by atoms with Crippen molar-refractivity contribution in [3.8, 4) is 28.3 Å². The van der Waals surface area contributed by atoms with Gasteiger partial charge in [-0.15, -0.1) is 16.3 Å². The van der Waals surface area contributed by atoms with Crippen LogP contribution in [0, 0.1) is 17.9 Å². The third-order valence-corrected chi connectivity index (χ3v) is 5.99. The quantitative estimate of drug-likeness (QED) is 0.320. The molecule has 5 heteroatoms. The Morgan fingerprint density at radius 3 is 1.97 bits per heavy atom. The van der Waals surface area contributed by atoms with Crippen LogP contribution >= 0.6 is 11.3 Å². The van der Waals surface area contributed by atoms with E-state index in [0.717, 1.165) is 22.3 Å². The van der Waals surface area contributed by atoms with Crippen LogP contribution in [-0.4, -0.2) is 9.97 Å². The van der Waals surface area contributed by atoms with Gasteiger partial charge in [0.2, 0.25) is 0 Å². The molecule has 0 atom stereocenters. The largest absolute Gasteiger partial charge is 0.361 e. The first-order valence-corrected chi connectivity index (χ1v) is 9.73. The molecule has 2 aromatic carbocycles. The second-order valence-electron chi connectivity index (χ2n) is 6.58. The summed E-state index contributed by atoms with van der Waals surface area (Å²) in [5.41, 5.74) is 4.54. The molecule has 3 heterocycles. The van der Waals surface area contributed by atoms with Gasteiger partial charge >= 0.3 is 0 Å². The first kappa shape index (κ1) is 17.1. The molecule has 0 bridgehead atoms. The van der Waals surface area contributed by atoms with Crippen molar-refractivity contribution in [3.63, 3.8) is 0 Å². The van der Waals surface area contributed by atoms with Crippen LogP contribution in [0.1, 0.15) is 5.69 Å². The maximum Gasteiger partial charge on any atom is 0.270 e. The summed E-state index contributed by atoms with van der Waals surface area (Å²) in [5, 5.41) is 11.5. The van der Waals surface area contributed by atoms with Crippen LogP contribution in [0.2, 0.25) is 0 Å². The fourth-order valence-corrected chi connectivity index (χ4v) is 4.65. The normalized spacial score (nSPS) is 10.7. The van der Waals surface area contributed by atoms with Crippen molar-refractivity contribution < 1.29 is 0 Å². The van der Waals surface area contributed by atoms with E-state index in [1.54, 1.807) is 23.7 Å². The Morgan fingerprint density at radius 1 is 0.759 bits per heavy atom. The lowest BCUT2D eigenvalue weighted by Gasteiger charge is -2.03. The Kier molecular flexibility index (Phi) is 4.02. The number of pyridine rings is 2. The van der Waals surface area contributed by atoms with Crippen LogP contribution in [0.15, 0.2) is 73.1 Å². The van der Waals surface area contributed by atoms with Crippen LogP contribution in [-0.2, 0) is 0 Å². The molecule has 5 rings (SSSR count). The maximum atomic E-state index is 9.10. The molecule has 0 fully saturated rings. The molecule has 134 valence electrons. The predicted molar refractivity (Wildman–Crippen MR) is 117 cm³/mol. The molecule has 29 heavy (non-hydrogen) atoms. The van der Waals surface area contributed by atoms with Crippen LogP contribution in [0.4, 0.5) is 5.82 Å². The molecular weight excluding hydrogens is 376 g/mol. The Hall–Kier alpha value is -4.06. The number of thiophene rings is 1. The van der Waals surface area contributed by atoms with E-state index >= 15 is 0 Å². The highest BCUT2D eigenvalue weighted by Crippen LogP contribution is 2.38. The molecule has 0 amide bonds. The van der Waals surface area contributed by atoms with Crippen molar-refractivity contribution in [2.75, 3.05) is 0 Å². The average molecular weight is 388 g/mol. The van der Waals surface area contributed by atoms with Gasteiger partial charge in [-0.2, -0.15) is 5.26 Å². The molecule has 5 aromatic rings. The lowest BCUT2D eigenvalue weighted by Crippen LogP contribution is -1.83. The van der Waals surface area contributed by atoms with E-state index in [0.29, 0.717) is 11.5 Å². The summed E-state index contributed by atoms with van der Waals surface area (Å²) in [6.07, 6.45) is 3.34. The van der Waals surface area contributed by atoms with Gasteiger partial charge in [0.1, 0.15) is 18.0 Å². The van der Waals surface area contributed by atoms with E-state index in [1.165, 1.54) is 20.2 Å². The zero-order chi connectivity index (χ0) is 19.8. The van der Waals surface area contributed by atoms with Crippen LogP contribution in [0.25, 0.3) is 47.3 Å². The standard InChI is InChI=1S/C24H12N4S/c1-26-24-13-18(7-9-28-24)16-3-5-21-20-4-2-15(11-22(20)29-23(21)12-16)17-6-8-27-19(10-17)14-25/h2-13H. The molecule has 4 nitrogen and oxygen atoms in total. The summed E-state index contributed by atoms with van der Waals surface area (Å²) >= 11 is 1.74. The molecule has 0 unspecified atom stereocenters. The Labute approximate surface area is 171 Å². The average Bonchev–Trinajstić information content (AvgIpc) is 3.16. The van der Waals surface area contributed by atoms with E-state index in [-0.39, 0.29) is 0 Å². The van der Waals surface area contributed by atoms with Crippen molar-refractivity contribution in [1.29, 1.82) is 5.26 Å². The maximum absolute atomic E-state index is 9.10. The molecule has 0 saturated heterocycles. The smallest absolute Gasteiger partial charge is 0.270 e. The van der Waals surface area contributed by atoms with Gasteiger partial charge in [0, 0.05) is 26.4 Å². The zero-order valence-corrected chi connectivity index (χ0v) is 15.9. The summed E-state index contributed by atoms with van der Waals surface area (Å²) in [6, 6.07) is 22.4. The van der Waals surface area contributed by atoms with Crippen molar-refractivity contribution in [2.45, 2.75) is 0 Å². The lowest BCUT2D eigenvalue weighted by molar-refractivity contribution is 1.27. The number of fused-ring (bicyclic) bond motifs is 3. The number of benzene rings is 2. The van der Waals surface area contributed by atoms with Gasteiger partial charge in [-0.05, 0) is 58.7 Å². The number of nitriles is 1. The van der Waals surface area contributed by atoms with Gasteiger partial charge < -0.3 is 4.85 Å². The summed E-state index contributed by atoms with van der Waals surface area (Å²) < 4.78 is 2.39. The number of hydrogen-bond donors (Lipinski definition) is 0. The minimum atomic E-state index is 0.401. The summed E-state index contributed by atoms with van der Waals surface area (Å²) in [4.78, 5) is 11.5. The summed E-state index contributed by atoms with van der Waals surface area (Å²) in [6.45, 7) is 7.17. The zero-order valence-electron chi connectivity index (χ0n) is 15.1.